The summed E-state index contributed by atoms with van der Waals surface area (Å²) in [6, 6.07) is 2.39. The van der Waals surface area contributed by atoms with Crippen LogP contribution in [0.4, 0.5) is 10.6 Å². The van der Waals surface area contributed by atoms with E-state index in [1.54, 1.807) is 26.8 Å². The number of nitrogens with zero attached hydrogens (tertiary/aromatic N) is 1. The average molecular weight is 411 g/mol. The molecule has 9 heteroatoms. The van der Waals surface area contributed by atoms with E-state index in [9.17, 15) is 14.4 Å². The highest BCUT2D eigenvalue weighted by molar-refractivity contribution is 6.39. The maximum Gasteiger partial charge on any atom is 0.407 e. The molecule has 1 fully saturated rings. The van der Waals surface area contributed by atoms with Crippen molar-refractivity contribution in [3.8, 4) is 0 Å². The first kappa shape index (κ1) is 21.9. The van der Waals surface area contributed by atoms with Gasteiger partial charge in [0.2, 0.25) is 0 Å². The fourth-order valence-electron chi connectivity index (χ4n) is 3.03. The van der Waals surface area contributed by atoms with E-state index in [4.69, 9.17) is 16.3 Å². The Labute approximate surface area is 169 Å². The second-order valence-corrected chi connectivity index (χ2v) is 8.50. The monoisotopic (exact) mass is 410 g/mol. The van der Waals surface area contributed by atoms with Crippen molar-refractivity contribution in [3.05, 3.63) is 23.4 Å². The average Bonchev–Trinajstić information content (AvgIpc) is 2.57. The summed E-state index contributed by atoms with van der Waals surface area (Å²) in [6.45, 7) is 7.43. The number of alkyl carbamates (subject to hydrolysis) is 1. The predicted molar refractivity (Wildman–Crippen MR) is 106 cm³/mol. The summed E-state index contributed by atoms with van der Waals surface area (Å²) >= 11 is 5.75. The van der Waals surface area contributed by atoms with Crippen molar-refractivity contribution in [3.63, 3.8) is 0 Å². The number of ether oxygens (including phenoxy) is 1. The van der Waals surface area contributed by atoms with Crippen LogP contribution in [0.1, 0.15) is 47.0 Å². The molecule has 154 valence electrons. The lowest BCUT2D eigenvalue weighted by molar-refractivity contribution is -0.136. The van der Waals surface area contributed by atoms with Gasteiger partial charge in [0.25, 0.3) is 0 Å². The Morgan fingerprint density at radius 2 is 1.82 bits per heavy atom. The van der Waals surface area contributed by atoms with E-state index in [0.29, 0.717) is 23.8 Å². The lowest BCUT2D eigenvalue weighted by Gasteiger charge is -2.36. The number of anilines is 1. The van der Waals surface area contributed by atoms with Crippen LogP contribution in [0.15, 0.2) is 18.3 Å². The highest BCUT2D eigenvalue weighted by atomic mass is 35.5. The van der Waals surface area contributed by atoms with Gasteiger partial charge in [-0.2, -0.15) is 0 Å². The smallest absolute Gasteiger partial charge is 0.407 e. The normalized spacial score (nSPS) is 22.1. The Kier molecular flexibility index (Phi) is 7.23. The number of carbonyl (C=O) groups is 3. The van der Waals surface area contributed by atoms with Crippen molar-refractivity contribution in [2.24, 2.45) is 5.92 Å². The predicted octanol–water partition coefficient (Wildman–Crippen LogP) is 2.87. The summed E-state index contributed by atoms with van der Waals surface area (Å²) in [7, 11) is 0. The van der Waals surface area contributed by atoms with Gasteiger partial charge in [-0.3, -0.25) is 9.59 Å². The largest absolute Gasteiger partial charge is 0.444 e. The second-order valence-electron chi connectivity index (χ2n) is 8.07. The number of amides is 3. The second kappa shape index (κ2) is 9.23. The summed E-state index contributed by atoms with van der Waals surface area (Å²) < 4.78 is 5.30. The third kappa shape index (κ3) is 6.99. The van der Waals surface area contributed by atoms with Gasteiger partial charge in [0.15, 0.2) is 0 Å². The SMILES string of the molecule is C[C@H]1CC[C@H](NC(=O)C(=O)Nc2ccc(Cl)cn2)[C@H](NC(=O)OC(C)(C)C)C1. The number of aromatic nitrogens is 1. The molecule has 3 N–H and O–H groups in total. The number of hydrogen-bond donors (Lipinski definition) is 3. The Morgan fingerprint density at radius 1 is 1.11 bits per heavy atom. The maximum absolute atomic E-state index is 12.3. The van der Waals surface area contributed by atoms with E-state index in [-0.39, 0.29) is 17.9 Å². The summed E-state index contributed by atoms with van der Waals surface area (Å²) in [6.07, 6.45) is 3.06. The zero-order valence-electron chi connectivity index (χ0n) is 16.5. The topological polar surface area (TPSA) is 109 Å². The lowest BCUT2D eigenvalue weighted by atomic mass is 9.83. The van der Waals surface area contributed by atoms with Crippen LogP contribution in [0, 0.1) is 5.92 Å². The van der Waals surface area contributed by atoms with Crippen LogP contribution in [0.5, 0.6) is 0 Å². The third-order valence-electron chi connectivity index (χ3n) is 4.31. The van der Waals surface area contributed by atoms with Gasteiger partial charge in [-0.15, -0.1) is 0 Å². The molecule has 0 radical (unpaired) electrons. The Bertz CT molecular complexity index is 718. The molecule has 0 saturated heterocycles. The summed E-state index contributed by atoms with van der Waals surface area (Å²) in [5.74, 6) is -0.998. The van der Waals surface area contributed by atoms with Gasteiger partial charge in [-0.05, 0) is 58.1 Å². The standard InChI is InChI=1S/C19H27ClN4O4/c1-11-5-7-13(14(9-11)23-18(27)28-19(2,3)4)22-16(25)17(26)24-15-8-6-12(20)10-21-15/h6,8,10-11,13-14H,5,7,9H2,1-4H3,(H,22,25)(H,23,27)(H,21,24,26)/t11-,13-,14+/m0/s1. The van der Waals surface area contributed by atoms with Gasteiger partial charge < -0.3 is 20.7 Å². The minimum Gasteiger partial charge on any atom is -0.444 e. The summed E-state index contributed by atoms with van der Waals surface area (Å²) in [5.41, 5.74) is -0.616. The van der Waals surface area contributed by atoms with Crippen molar-refractivity contribution in [1.29, 1.82) is 0 Å². The summed E-state index contributed by atoms with van der Waals surface area (Å²) in [4.78, 5) is 40.5. The Balaban J connectivity index is 1.96. The minimum atomic E-state index is -0.829. The number of pyridine rings is 1. The van der Waals surface area contributed by atoms with Crippen molar-refractivity contribution in [2.45, 2.75) is 64.6 Å². The first-order valence-corrected chi connectivity index (χ1v) is 9.64. The lowest BCUT2D eigenvalue weighted by Crippen LogP contribution is -2.56. The van der Waals surface area contributed by atoms with Crippen molar-refractivity contribution < 1.29 is 19.1 Å². The number of halogens is 1. The Hall–Kier alpha value is -2.35. The zero-order chi connectivity index (χ0) is 20.9. The van der Waals surface area contributed by atoms with Gasteiger partial charge in [0, 0.05) is 12.2 Å². The third-order valence-corrected chi connectivity index (χ3v) is 4.53. The molecule has 1 aromatic heterocycles. The molecule has 0 unspecified atom stereocenters. The fourth-order valence-corrected chi connectivity index (χ4v) is 3.14. The van der Waals surface area contributed by atoms with E-state index < -0.39 is 23.5 Å². The zero-order valence-corrected chi connectivity index (χ0v) is 17.3. The van der Waals surface area contributed by atoms with Crippen LogP contribution < -0.4 is 16.0 Å². The highest BCUT2D eigenvalue weighted by Crippen LogP contribution is 2.24. The van der Waals surface area contributed by atoms with Crippen LogP contribution in [0.25, 0.3) is 0 Å². The van der Waals surface area contributed by atoms with E-state index in [1.165, 1.54) is 12.3 Å². The molecule has 2 rings (SSSR count). The van der Waals surface area contributed by atoms with Crippen LogP contribution in [0.3, 0.4) is 0 Å². The van der Waals surface area contributed by atoms with E-state index in [2.05, 4.69) is 27.9 Å². The molecule has 1 saturated carbocycles. The molecule has 3 atom stereocenters. The quantitative estimate of drug-likeness (QED) is 0.664. The van der Waals surface area contributed by atoms with Crippen LogP contribution >= 0.6 is 11.6 Å². The molecule has 0 bridgehead atoms. The van der Waals surface area contributed by atoms with Gasteiger partial charge in [0.1, 0.15) is 11.4 Å². The molecular formula is C19H27ClN4O4. The molecule has 0 aliphatic heterocycles. The van der Waals surface area contributed by atoms with Gasteiger partial charge in [-0.25, -0.2) is 9.78 Å². The first-order valence-electron chi connectivity index (χ1n) is 9.26. The maximum atomic E-state index is 12.3. The van der Waals surface area contributed by atoms with Crippen molar-refractivity contribution >= 4 is 35.3 Å². The molecule has 0 aromatic carbocycles. The van der Waals surface area contributed by atoms with E-state index >= 15 is 0 Å². The fraction of sp³-hybridized carbons (Fsp3) is 0.579. The van der Waals surface area contributed by atoms with Gasteiger partial charge in [0.05, 0.1) is 11.1 Å². The minimum absolute atomic E-state index is 0.227. The van der Waals surface area contributed by atoms with Gasteiger partial charge >= 0.3 is 17.9 Å². The first-order chi connectivity index (χ1) is 13.0. The molecule has 8 nitrogen and oxygen atoms in total. The molecule has 1 heterocycles. The van der Waals surface area contributed by atoms with Crippen molar-refractivity contribution in [2.75, 3.05) is 5.32 Å². The molecular weight excluding hydrogens is 384 g/mol. The molecule has 0 spiro atoms. The van der Waals surface area contributed by atoms with Crippen molar-refractivity contribution in [1.82, 2.24) is 15.6 Å². The molecule has 28 heavy (non-hydrogen) atoms. The molecule has 3 amide bonds. The summed E-state index contributed by atoms with van der Waals surface area (Å²) in [5, 5.41) is 8.38. The molecule has 1 aliphatic rings. The molecule has 1 aliphatic carbocycles. The van der Waals surface area contributed by atoms with Gasteiger partial charge in [-0.1, -0.05) is 18.5 Å². The van der Waals surface area contributed by atoms with Crippen LogP contribution in [-0.2, 0) is 14.3 Å². The number of carbonyl (C=O) groups excluding carboxylic acids is 3. The number of hydrogen-bond acceptors (Lipinski definition) is 5. The highest BCUT2D eigenvalue weighted by Gasteiger charge is 2.33. The number of nitrogens with one attached hydrogen (secondary N) is 3. The van der Waals surface area contributed by atoms with Crippen LogP contribution in [-0.4, -0.2) is 40.6 Å². The molecule has 1 aromatic rings. The van der Waals surface area contributed by atoms with E-state index in [1.807, 2.05) is 0 Å². The number of rotatable bonds is 3. The van der Waals surface area contributed by atoms with E-state index in [0.717, 1.165) is 6.42 Å². The Morgan fingerprint density at radius 3 is 2.43 bits per heavy atom. The van der Waals surface area contributed by atoms with Crippen LogP contribution in [0.2, 0.25) is 5.02 Å².